The lowest BCUT2D eigenvalue weighted by atomic mass is 10.2. The Morgan fingerprint density at radius 3 is 2.33 bits per heavy atom. The first kappa shape index (κ1) is 6.99. The first-order valence-electron chi connectivity index (χ1n) is 3.16. The molecule has 0 spiro atoms. The number of rotatable bonds is 2. The molecule has 1 rings (SSSR count). The zero-order chi connectivity index (χ0) is 6.85. The Hall–Kier alpha value is -0.120. The first-order chi connectivity index (χ1) is 4.20. The van der Waals surface area contributed by atoms with Gasteiger partial charge in [-0.1, -0.05) is 0 Å². The van der Waals surface area contributed by atoms with E-state index in [-0.39, 0.29) is 12.2 Å². The Morgan fingerprint density at radius 2 is 2.22 bits per heavy atom. The van der Waals surface area contributed by atoms with Crippen LogP contribution in [0.2, 0.25) is 0 Å². The summed E-state index contributed by atoms with van der Waals surface area (Å²) in [5.74, 6) is 0. The summed E-state index contributed by atoms with van der Waals surface area (Å²) in [5, 5.41) is 1.71. The van der Waals surface area contributed by atoms with E-state index in [2.05, 4.69) is 0 Å². The van der Waals surface area contributed by atoms with Crippen molar-refractivity contribution in [3.05, 3.63) is 0 Å². The van der Waals surface area contributed by atoms with Gasteiger partial charge in [0, 0.05) is 14.1 Å². The highest BCUT2D eigenvalue weighted by molar-refractivity contribution is 4.73. The highest BCUT2D eigenvalue weighted by Gasteiger charge is 2.29. The molecule has 1 heterocycles. The fraction of sp³-hybridized carbons (Fsp3) is 1.00. The second-order valence-electron chi connectivity index (χ2n) is 2.49. The van der Waals surface area contributed by atoms with Crippen molar-refractivity contribution >= 4 is 0 Å². The smallest absolute Gasteiger partial charge is 0.128 e. The Kier molecular flexibility index (Phi) is 2.05. The first-order valence-corrected chi connectivity index (χ1v) is 3.16. The third-order valence-corrected chi connectivity index (χ3v) is 1.39. The van der Waals surface area contributed by atoms with E-state index in [1.165, 1.54) is 0 Å². The van der Waals surface area contributed by atoms with Gasteiger partial charge in [-0.25, -0.2) is 0 Å². The molecule has 0 aromatic carbocycles. The van der Waals surface area contributed by atoms with E-state index >= 15 is 0 Å². The Bertz CT molecular complexity index is 95.1. The highest BCUT2D eigenvalue weighted by Crippen LogP contribution is 2.15. The highest BCUT2D eigenvalue weighted by atomic mass is 16.7. The van der Waals surface area contributed by atoms with Gasteiger partial charge in [0.15, 0.2) is 0 Å². The average Bonchev–Trinajstić information content (AvgIpc) is 1.79. The largest absolute Gasteiger partial charge is 0.373 e. The number of ether oxygens (including phenoxy) is 1. The van der Waals surface area contributed by atoms with E-state index in [0.29, 0.717) is 0 Å². The van der Waals surface area contributed by atoms with E-state index in [1.54, 1.807) is 5.06 Å². The van der Waals surface area contributed by atoms with Crippen molar-refractivity contribution in [2.45, 2.75) is 19.1 Å². The molecule has 1 aliphatic rings. The zero-order valence-electron chi connectivity index (χ0n) is 6.13. The molecule has 0 saturated carbocycles. The maximum atomic E-state index is 5.31. The fourth-order valence-corrected chi connectivity index (χ4v) is 0.754. The molecule has 3 nitrogen and oxygen atoms in total. The van der Waals surface area contributed by atoms with E-state index < -0.39 is 0 Å². The predicted octanol–water partition coefficient (Wildman–Crippen LogP) is 0.267. The second kappa shape index (κ2) is 2.64. The molecule has 0 aromatic rings. The van der Waals surface area contributed by atoms with Crippen LogP contribution < -0.4 is 0 Å². The molecule has 0 aliphatic carbocycles. The van der Waals surface area contributed by atoms with Gasteiger partial charge in [-0.15, -0.1) is 0 Å². The van der Waals surface area contributed by atoms with Crippen LogP contribution in [-0.2, 0) is 9.57 Å². The van der Waals surface area contributed by atoms with Gasteiger partial charge in [0.05, 0.1) is 12.7 Å². The van der Waals surface area contributed by atoms with Gasteiger partial charge in [-0.05, 0) is 6.92 Å². The summed E-state index contributed by atoms with van der Waals surface area (Å²) in [4.78, 5) is 5.31. The lowest BCUT2D eigenvalue weighted by Crippen LogP contribution is -2.47. The third kappa shape index (κ3) is 1.64. The quantitative estimate of drug-likeness (QED) is 0.502. The summed E-state index contributed by atoms with van der Waals surface area (Å²) in [6.07, 6.45) is 0.549. The molecule has 54 valence electrons. The van der Waals surface area contributed by atoms with E-state index in [4.69, 9.17) is 9.57 Å². The SMILES string of the molecule is CC1OCC1ON(C)C. The van der Waals surface area contributed by atoms with E-state index in [0.717, 1.165) is 6.61 Å². The van der Waals surface area contributed by atoms with Crippen molar-refractivity contribution in [2.75, 3.05) is 20.7 Å². The monoisotopic (exact) mass is 131 g/mol. The van der Waals surface area contributed by atoms with Gasteiger partial charge < -0.3 is 4.74 Å². The summed E-state index contributed by atoms with van der Waals surface area (Å²) >= 11 is 0. The summed E-state index contributed by atoms with van der Waals surface area (Å²) in [6, 6.07) is 0. The van der Waals surface area contributed by atoms with Crippen LogP contribution in [0.15, 0.2) is 0 Å². The van der Waals surface area contributed by atoms with E-state index in [9.17, 15) is 0 Å². The molecular weight excluding hydrogens is 118 g/mol. The van der Waals surface area contributed by atoms with Crippen molar-refractivity contribution in [1.29, 1.82) is 0 Å². The maximum absolute atomic E-state index is 5.31. The number of nitrogens with zero attached hydrogens (tertiary/aromatic N) is 1. The summed E-state index contributed by atoms with van der Waals surface area (Å²) in [5.41, 5.74) is 0. The summed E-state index contributed by atoms with van der Waals surface area (Å²) in [6.45, 7) is 2.75. The fourth-order valence-electron chi connectivity index (χ4n) is 0.754. The van der Waals surface area contributed by atoms with Gasteiger partial charge in [0.25, 0.3) is 0 Å². The Labute approximate surface area is 55.5 Å². The third-order valence-electron chi connectivity index (χ3n) is 1.39. The zero-order valence-corrected chi connectivity index (χ0v) is 6.13. The summed E-state index contributed by atoms with van der Waals surface area (Å²) < 4.78 is 5.09. The Balaban J connectivity index is 2.13. The van der Waals surface area contributed by atoms with Crippen LogP contribution in [0.4, 0.5) is 0 Å². The predicted molar refractivity (Wildman–Crippen MR) is 34.0 cm³/mol. The standard InChI is InChI=1S/C6H13NO2/c1-5-6(4-8-5)9-7(2)3/h5-6H,4H2,1-3H3. The van der Waals surface area contributed by atoms with Gasteiger partial charge in [-0.2, -0.15) is 5.06 Å². The molecule has 0 bridgehead atoms. The average molecular weight is 131 g/mol. The molecule has 2 atom stereocenters. The van der Waals surface area contributed by atoms with Crippen molar-refractivity contribution < 1.29 is 9.57 Å². The van der Waals surface area contributed by atoms with Gasteiger partial charge >= 0.3 is 0 Å². The summed E-state index contributed by atoms with van der Waals surface area (Å²) in [7, 11) is 3.76. The molecule has 2 unspecified atom stereocenters. The topological polar surface area (TPSA) is 21.7 Å². The van der Waals surface area contributed by atoms with Crippen LogP contribution >= 0.6 is 0 Å². The van der Waals surface area contributed by atoms with Crippen molar-refractivity contribution in [1.82, 2.24) is 5.06 Å². The number of hydrogen-bond donors (Lipinski definition) is 0. The molecule has 0 radical (unpaired) electrons. The minimum atomic E-state index is 0.271. The van der Waals surface area contributed by atoms with Gasteiger partial charge in [0.2, 0.25) is 0 Å². The molecule has 9 heavy (non-hydrogen) atoms. The van der Waals surface area contributed by atoms with Crippen molar-refractivity contribution in [2.24, 2.45) is 0 Å². The lowest BCUT2D eigenvalue weighted by molar-refractivity contribution is -0.268. The number of hydroxylamine groups is 2. The number of hydrogen-bond acceptors (Lipinski definition) is 3. The van der Waals surface area contributed by atoms with Crippen LogP contribution in [0.5, 0.6) is 0 Å². The molecule has 1 saturated heterocycles. The lowest BCUT2D eigenvalue weighted by Gasteiger charge is -2.35. The van der Waals surface area contributed by atoms with E-state index in [1.807, 2.05) is 21.0 Å². The van der Waals surface area contributed by atoms with Gasteiger partial charge in [0.1, 0.15) is 6.10 Å². The van der Waals surface area contributed by atoms with Crippen LogP contribution in [0.25, 0.3) is 0 Å². The maximum Gasteiger partial charge on any atom is 0.128 e. The molecule has 1 fully saturated rings. The van der Waals surface area contributed by atoms with Crippen molar-refractivity contribution in [3.63, 3.8) is 0 Å². The molecule has 0 N–H and O–H groups in total. The second-order valence-corrected chi connectivity index (χ2v) is 2.49. The normalized spacial score (nSPS) is 34.7. The molecule has 0 amide bonds. The Morgan fingerprint density at radius 1 is 1.56 bits per heavy atom. The molecular formula is C6H13NO2. The van der Waals surface area contributed by atoms with Crippen LogP contribution in [-0.4, -0.2) is 38.0 Å². The van der Waals surface area contributed by atoms with Gasteiger partial charge in [-0.3, -0.25) is 4.84 Å². The van der Waals surface area contributed by atoms with Crippen LogP contribution in [0.3, 0.4) is 0 Å². The molecule has 3 heteroatoms. The minimum absolute atomic E-state index is 0.271. The minimum Gasteiger partial charge on any atom is -0.373 e. The van der Waals surface area contributed by atoms with Crippen LogP contribution in [0, 0.1) is 0 Å². The molecule has 0 aromatic heterocycles. The molecule has 1 aliphatic heterocycles. The van der Waals surface area contributed by atoms with Crippen molar-refractivity contribution in [3.8, 4) is 0 Å². The van der Waals surface area contributed by atoms with Crippen LogP contribution in [0.1, 0.15) is 6.92 Å².